The van der Waals surface area contributed by atoms with Crippen LogP contribution in [0.3, 0.4) is 0 Å². The molecule has 0 amide bonds. The number of nitrogens with zero attached hydrogens (tertiary/aromatic N) is 2. The van der Waals surface area contributed by atoms with E-state index in [9.17, 15) is 0 Å². The minimum atomic E-state index is 0.971. The van der Waals surface area contributed by atoms with E-state index < -0.39 is 0 Å². The van der Waals surface area contributed by atoms with Crippen molar-refractivity contribution in [3.8, 4) is 0 Å². The molecule has 2 aliphatic heterocycles. The first-order valence-corrected chi connectivity index (χ1v) is 4.20. The lowest BCUT2D eigenvalue weighted by molar-refractivity contribution is 0.795. The SMILES string of the molecule is C1CC(CNCC2=NCC2)=N1. The molecule has 3 heteroatoms. The second-order valence-corrected chi connectivity index (χ2v) is 3.00. The van der Waals surface area contributed by atoms with Crippen LogP contribution in [0.5, 0.6) is 0 Å². The fourth-order valence-electron chi connectivity index (χ4n) is 1.18. The second kappa shape index (κ2) is 3.13. The zero-order valence-corrected chi connectivity index (χ0v) is 6.64. The molecule has 0 aromatic rings. The maximum Gasteiger partial charge on any atom is 0.0441 e. The van der Waals surface area contributed by atoms with Crippen molar-refractivity contribution in [3.63, 3.8) is 0 Å². The predicted molar refractivity (Wildman–Crippen MR) is 46.7 cm³/mol. The van der Waals surface area contributed by atoms with Crippen molar-refractivity contribution in [2.75, 3.05) is 26.2 Å². The van der Waals surface area contributed by atoms with Crippen LogP contribution in [0, 0.1) is 0 Å². The van der Waals surface area contributed by atoms with Crippen molar-refractivity contribution in [2.24, 2.45) is 9.98 Å². The monoisotopic (exact) mass is 151 g/mol. The highest BCUT2D eigenvalue weighted by atomic mass is 14.9. The lowest BCUT2D eigenvalue weighted by atomic mass is 10.1. The van der Waals surface area contributed by atoms with Crippen molar-refractivity contribution in [1.29, 1.82) is 0 Å². The maximum atomic E-state index is 4.22. The fourth-order valence-corrected chi connectivity index (χ4v) is 1.18. The number of aliphatic imine (C=N–C) groups is 2. The highest BCUT2D eigenvalue weighted by Crippen LogP contribution is 2.01. The highest BCUT2D eigenvalue weighted by Gasteiger charge is 2.09. The number of nitrogens with one attached hydrogen (secondary N) is 1. The van der Waals surface area contributed by atoms with Gasteiger partial charge in [0.25, 0.3) is 0 Å². The largest absolute Gasteiger partial charge is 0.306 e. The molecule has 0 spiro atoms. The zero-order chi connectivity index (χ0) is 7.52. The van der Waals surface area contributed by atoms with Gasteiger partial charge in [0.15, 0.2) is 0 Å². The Hall–Kier alpha value is -0.700. The van der Waals surface area contributed by atoms with Crippen LogP contribution in [-0.2, 0) is 0 Å². The van der Waals surface area contributed by atoms with Crippen molar-refractivity contribution in [1.82, 2.24) is 5.32 Å². The third kappa shape index (κ3) is 1.66. The summed E-state index contributed by atoms with van der Waals surface area (Å²) in [5, 5.41) is 3.33. The van der Waals surface area contributed by atoms with Crippen LogP contribution < -0.4 is 5.32 Å². The van der Waals surface area contributed by atoms with Gasteiger partial charge in [-0.1, -0.05) is 0 Å². The van der Waals surface area contributed by atoms with Crippen LogP contribution in [0.15, 0.2) is 9.98 Å². The summed E-state index contributed by atoms with van der Waals surface area (Å²) in [5.41, 5.74) is 2.65. The van der Waals surface area contributed by atoms with Crippen LogP contribution in [0.1, 0.15) is 12.8 Å². The Morgan fingerprint density at radius 1 is 1.00 bits per heavy atom. The molecule has 0 aliphatic carbocycles. The molecule has 11 heavy (non-hydrogen) atoms. The summed E-state index contributed by atoms with van der Waals surface area (Å²) >= 11 is 0. The summed E-state index contributed by atoms with van der Waals surface area (Å²) in [5.74, 6) is 0. The molecule has 2 aliphatic rings. The average molecular weight is 151 g/mol. The van der Waals surface area contributed by atoms with Crippen molar-refractivity contribution >= 4 is 11.4 Å². The van der Waals surface area contributed by atoms with Gasteiger partial charge >= 0.3 is 0 Å². The first-order chi connectivity index (χ1) is 5.45. The smallest absolute Gasteiger partial charge is 0.0441 e. The minimum absolute atomic E-state index is 0.971. The molecule has 0 saturated carbocycles. The third-order valence-electron chi connectivity index (χ3n) is 2.13. The molecule has 0 radical (unpaired) electrons. The van der Waals surface area contributed by atoms with E-state index in [1.165, 1.54) is 24.3 Å². The average Bonchev–Trinajstić information content (AvgIpc) is 1.79. The summed E-state index contributed by atoms with van der Waals surface area (Å²) in [6.07, 6.45) is 2.39. The molecule has 2 rings (SSSR count). The van der Waals surface area contributed by atoms with E-state index in [1.807, 2.05) is 0 Å². The van der Waals surface area contributed by atoms with Crippen molar-refractivity contribution in [2.45, 2.75) is 12.8 Å². The number of hydrogen-bond acceptors (Lipinski definition) is 3. The zero-order valence-electron chi connectivity index (χ0n) is 6.64. The standard InChI is InChI=1S/C8H13N3/c1-3-10-7(1)5-9-6-8-2-4-11-8/h9H,1-6H2. The van der Waals surface area contributed by atoms with Gasteiger partial charge in [-0.05, 0) is 0 Å². The molecule has 0 aromatic heterocycles. The molecular formula is C8H13N3. The Labute approximate surface area is 66.6 Å². The van der Waals surface area contributed by atoms with Crippen LogP contribution in [-0.4, -0.2) is 37.6 Å². The second-order valence-electron chi connectivity index (χ2n) is 3.00. The number of rotatable bonds is 4. The molecule has 60 valence electrons. The van der Waals surface area contributed by atoms with Crippen molar-refractivity contribution in [3.05, 3.63) is 0 Å². The van der Waals surface area contributed by atoms with Crippen LogP contribution in [0.4, 0.5) is 0 Å². The van der Waals surface area contributed by atoms with E-state index in [2.05, 4.69) is 15.3 Å². The van der Waals surface area contributed by atoms with Gasteiger partial charge in [-0.3, -0.25) is 9.98 Å². The van der Waals surface area contributed by atoms with Crippen LogP contribution in [0.2, 0.25) is 0 Å². The third-order valence-corrected chi connectivity index (χ3v) is 2.13. The van der Waals surface area contributed by atoms with Gasteiger partial charge in [-0.15, -0.1) is 0 Å². The summed E-state index contributed by atoms with van der Waals surface area (Å²) in [7, 11) is 0. The number of hydrogen-bond donors (Lipinski definition) is 1. The van der Waals surface area contributed by atoms with Gasteiger partial charge in [0.2, 0.25) is 0 Å². The summed E-state index contributed by atoms with van der Waals surface area (Å²) < 4.78 is 0. The molecule has 0 saturated heterocycles. The summed E-state index contributed by atoms with van der Waals surface area (Å²) in [6.45, 7) is 4.02. The molecule has 0 bridgehead atoms. The molecule has 0 unspecified atom stereocenters. The normalized spacial score (nSPS) is 21.5. The predicted octanol–water partition coefficient (Wildman–Crippen LogP) is 0.265. The Morgan fingerprint density at radius 3 is 1.73 bits per heavy atom. The van der Waals surface area contributed by atoms with E-state index in [-0.39, 0.29) is 0 Å². The Kier molecular flexibility index (Phi) is 1.99. The highest BCUT2D eigenvalue weighted by molar-refractivity contribution is 5.92. The van der Waals surface area contributed by atoms with E-state index in [1.54, 1.807) is 0 Å². The lowest BCUT2D eigenvalue weighted by Crippen LogP contribution is -2.34. The lowest BCUT2D eigenvalue weighted by Gasteiger charge is -2.16. The molecule has 0 fully saturated rings. The quantitative estimate of drug-likeness (QED) is 0.615. The van der Waals surface area contributed by atoms with E-state index >= 15 is 0 Å². The fraction of sp³-hybridized carbons (Fsp3) is 0.750. The molecule has 1 N–H and O–H groups in total. The minimum Gasteiger partial charge on any atom is -0.306 e. The van der Waals surface area contributed by atoms with Crippen LogP contribution in [0.25, 0.3) is 0 Å². The Balaban J connectivity index is 1.60. The molecule has 3 nitrogen and oxygen atoms in total. The van der Waals surface area contributed by atoms with Gasteiger partial charge in [-0.2, -0.15) is 0 Å². The van der Waals surface area contributed by atoms with Gasteiger partial charge in [-0.25, -0.2) is 0 Å². The summed E-state index contributed by atoms with van der Waals surface area (Å²) in [4.78, 5) is 8.45. The van der Waals surface area contributed by atoms with Gasteiger partial charge < -0.3 is 5.32 Å². The van der Waals surface area contributed by atoms with E-state index in [0.717, 1.165) is 26.2 Å². The maximum absolute atomic E-state index is 4.22. The first kappa shape index (κ1) is 6.98. The van der Waals surface area contributed by atoms with Crippen LogP contribution >= 0.6 is 0 Å². The van der Waals surface area contributed by atoms with Crippen molar-refractivity contribution < 1.29 is 0 Å². The van der Waals surface area contributed by atoms with E-state index in [4.69, 9.17) is 0 Å². The summed E-state index contributed by atoms with van der Waals surface area (Å²) in [6, 6.07) is 0. The van der Waals surface area contributed by atoms with Gasteiger partial charge in [0, 0.05) is 50.4 Å². The van der Waals surface area contributed by atoms with E-state index in [0.29, 0.717) is 0 Å². The topological polar surface area (TPSA) is 36.8 Å². The molecule has 0 aromatic carbocycles. The molecular weight excluding hydrogens is 138 g/mol. The Morgan fingerprint density at radius 2 is 1.45 bits per heavy atom. The molecule has 2 heterocycles. The first-order valence-electron chi connectivity index (χ1n) is 4.20. The molecule has 0 atom stereocenters. The van der Waals surface area contributed by atoms with Gasteiger partial charge in [0.1, 0.15) is 0 Å². The Bertz CT molecular complexity index is 183. The van der Waals surface area contributed by atoms with Gasteiger partial charge in [0.05, 0.1) is 0 Å².